The summed E-state index contributed by atoms with van der Waals surface area (Å²) in [4.78, 5) is 2.61. The van der Waals surface area contributed by atoms with Gasteiger partial charge in [0, 0.05) is 38.3 Å². The Labute approximate surface area is 80.4 Å². The second-order valence-electron chi connectivity index (χ2n) is 4.22. The summed E-state index contributed by atoms with van der Waals surface area (Å²) in [5.41, 5.74) is 0. The lowest BCUT2D eigenvalue weighted by Gasteiger charge is -2.39. The van der Waals surface area contributed by atoms with E-state index in [-0.39, 0.29) is 0 Å². The molecule has 0 aliphatic carbocycles. The van der Waals surface area contributed by atoms with Gasteiger partial charge in [-0.2, -0.15) is 0 Å². The zero-order valence-electron chi connectivity index (χ0n) is 8.62. The van der Waals surface area contributed by atoms with Crippen LogP contribution in [-0.4, -0.2) is 49.3 Å². The average Bonchev–Trinajstić information content (AvgIpc) is 2.52. The highest BCUT2D eigenvalue weighted by molar-refractivity contribution is 4.88. The summed E-state index contributed by atoms with van der Waals surface area (Å²) in [5.74, 6) is 0. The molecule has 2 saturated heterocycles. The number of nitrogens with zero attached hydrogens (tertiary/aromatic N) is 1. The normalized spacial score (nSPS) is 42.5. The third kappa shape index (κ3) is 1.87. The van der Waals surface area contributed by atoms with E-state index >= 15 is 0 Å². The summed E-state index contributed by atoms with van der Waals surface area (Å²) in [6.07, 6.45) is 1.64. The Morgan fingerprint density at radius 3 is 2.85 bits per heavy atom. The molecule has 2 heterocycles. The summed E-state index contributed by atoms with van der Waals surface area (Å²) >= 11 is 0. The molecule has 76 valence electrons. The molecule has 0 aromatic heterocycles. The van der Waals surface area contributed by atoms with Crippen molar-refractivity contribution in [2.24, 2.45) is 0 Å². The molecule has 0 radical (unpaired) electrons. The van der Waals surface area contributed by atoms with E-state index in [0.29, 0.717) is 18.2 Å². The maximum atomic E-state index is 5.60. The molecule has 3 atom stereocenters. The van der Waals surface area contributed by atoms with Crippen molar-refractivity contribution in [3.8, 4) is 0 Å². The minimum absolute atomic E-state index is 0.431. The van der Waals surface area contributed by atoms with E-state index in [1.165, 1.54) is 13.0 Å². The molecule has 2 aliphatic rings. The summed E-state index contributed by atoms with van der Waals surface area (Å²) in [6.45, 7) is 8.89. The van der Waals surface area contributed by atoms with E-state index in [4.69, 9.17) is 4.74 Å². The standard InChI is InChI=1S/C10H20N2O/c1-8-7-11-4-5-12(8)10-3-6-13-9(10)2/h8-11H,3-7H2,1-2H3. The van der Waals surface area contributed by atoms with Gasteiger partial charge in [-0.3, -0.25) is 4.90 Å². The molecular weight excluding hydrogens is 164 g/mol. The zero-order chi connectivity index (χ0) is 9.26. The van der Waals surface area contributed by atoms with Gasteiger partial charge in [-0.1, -0.05) is 0 Å². The number of hydrogen-bond donors (Lipinski definition) is 1. The maximum Gasteiger partial charge on any atom is 0.0703 e. The zero-order valence-corrected chi connectivity index (χ0v) is 8.62. The molecule has 3 unspecified atom stereocenters. The second-order valence-corrected chi connectivity index (χ2v) is 4.22. The van der Waals surface area contributed by atoms with Crippen LogP contribution in [0.3, 0.4) is 0 Å². The summed E-state index contributed by atoms with van der Waals surface area (Å²) in [7, 11) is 0. The van der Waals surface area contributed by atoms with Crippen LogP contribution in [0, 0.1) is 0 Å². The van der Waals surface area contributed by atoms with Crippen LogP contribution >= 0.6 is 0 Å². The fourth-order valence-electron chi connectivity index (χ4n) is 2.51. The Bertz CT molecular complexity index is 174. The van der Waals surface area contributed by atoms with Gasteiger partial charge in [0.15, 0.2) is 0 Å². The van der Waals surface area contributed by atoms with Crippen LogP contribution in [-0.2, 0) is 4.74 Å². The van der Waals surface area contributed by atoms with E-state index in [9.17, 15) is 0 Å². The van der Waals surface area contributed by atoms with E-state index < -0.39 is 0 Å². The fraction of sp³-hybridized carbons (Fsp3) is 1.00. The minimum Gasteiger partial charge on any atom is -0.377 e. The number of nitrogens with one attached hydrogen (secondary N) is 1. The number of ether oxygens (including phenoxy) is 1. The molecule has 0 bridgehead atoms. The minimum atomic E-state index is 0.431. The fourth-order valence-corrected chi connectivity index (χ4v) is 2.51. The Hall–Kier alpha value is -0.120. The third-order valence-electron chi connectivity index (χ3n) is 3.31. The maximum absolute atomic E-state index is 5.60. The molecule has 1 N–H and O–H groups in total. The molecule has 2 fully saturated rings. The van der Waals surface area contributed by atoms with Crippen molar-refractivity contribution in [1.29, 1.82) is 0 Å². The first-order chi connectivity index (χ1) is 6.29. The monoisotopic (exact) mass is 184 g/mol. The quantitative estimate of drug-likeness (QED) is 0.640. The van der Waals surface area contributed by atoms with Gasteiger partial charge in [-0.25, -0.2) is 0 Å². The van der Waals surface area contributed by atoms with E-state index in [0.717, 1.165) is 19.7 Å². The largest absolute Gasteiger partial charge is 0.377 e. The predicted octanol–water partition coefficient (Wildman–Crippen LogP) is 0.458. The van der Waals surface area contributed by atoms with Gasteiger partial charge in [0.1, 0.15) is 0 Å². The SMILES string of the molecule is CC1OCCC1N1CCNCC1C. The van der Waals surface area contributed by atoms with Crippen LogP contribution in [0.4, 0.5) is 0 Å². The van der Waals surface area contributed by atoms with E-state index in [1.54, 1.807) is 0 Å². The molecule has 3 heteroatoms. The highest BCUT2D eigenvalue weighted by atomic mass is 16.5. The van der Waals surface area contributed by atoms with Crippen molar-refractivity contribution in [1.82, 2.24) is 10.2 Å². The molecule has 0 saturated carbocycles. The highest BCUT2D eigenvalue weighted by Crippen LogP contribution is 2.21. The lowest BCUT2D eigenvalue weighted by atomic mass is 10.1. The number of piperazine rings is 1. The molecule has 0 spiro atoms. The van der Waals surface area contributed by atoms with Crippen molar-refractivity contribution in [3.05, 3.63) is 0 Å². The lowest BCUT2D eigenvalue weighted by Crippen LogP contribution is -2.55. The van der Waals surface area contributed by atoms with Crippen molar-refractivity contribution in [3.63, 3.8) is 0 Å². The highest BCUT2D eigenvalue weighted by Gasteiger charge is 2.33. The van der Waals surface area contributed by atoms with Gasteiger partial charge in [-0.15, -0.1) is 0 Å². The van der Waals surface area contributed by atoms with Crippen molar-refractivity contribution in [2.75, 3.05) is 26.2 Å². The van der Waals surface area contributed by atoms with Crippen LogP contribution in [0.15, 0.2) is 0 Å². The third-order valence-corrected chi connectivity index (χ3v) is 3.31. The topological polar surface area (TPSA) is 24.5 Å². The van der Waals surface area contributed by atoms with Crippen LogP contribution in [0.2, 0.25) is 0 Å². The van der Waals surface area contributed by atoms with Gasteiger partial charge in [0.2, 0.25) is 0 Å². The molecule has 13 heavy (non-hydrogen) atoms. The van der Waals surface area contributed by atoms with Crippen LogP contribution < -0.4 is 5.32 Å². The summed E-state index contributed by atoms with van der Waals surface area (Å²) in [5, 5.41) is 3.42. The smallest absolute Gasteiger partial charge is 0.0703 e. The molecule has 0 amide bonds. The first kappa shape index (κ1) is 9.44. The predicted molar refractivity (Wildman–Crippen MR) is 52.9 cm³/mol. The second kappa shape index (κ2) is 3.95. The Balaban J connectivity index is 1.97. The van der Waals surface area contributed by atoms with Crippen LogP contribution in [0.1, 0.15) is 20.3 Å². The number of rotatable bonds is 1. The Kier molecular flexibility index (Phi) is 2.86. The van der Waals surface area contributed by atoms with Gasteiger partial charge >= 0.3 is 0 Å². The molecule has 2 aliphatic heterocycles. The molecule has 3 nitrogen and oxygen atoms in total. The molecule has 0 aromatic rings. The van der Waals surface area contributed by atoms with E-state index in [1.807, 2.05) is 0 Å². The van der Waals surface area contributed by atoms with Gasteiger partial charge in [0.05, 0.1) is 6.10 Å². The van der Waals surface area contributed by atoms with Crippen molar-refractivity contribution >= 4 is 0 Å². The first-order valence-electron chi connectivity index (χ1n) is 5.37. The van der Waals surface area contributed by atoms with Crippen molar-refractivity contribution < 1.29 is 4.74 Å². The molecule has 0 aromatic carbocycles. The average molecular weight is 184 g/mol. The first-order valence-corrected chi connectivity index (χ1v) is 5.37. The van der Waals surface area contributed by atoms with Gasteiger partial charge in [-0.05, 0) is 20.3 Å². The summed E-state index contributed by atoms with van der Waals surface area (Å²) in [6, 6.07) is 1.33. The number of hydrogen-bond acceptors (Lipinski definition) is 3. The van der Waals surface area contributed by atoms with Gasteiger partial charge in [0.25, 0.3) is 0 Å². The molecular formula is C10H20N2O. The molecule has 2 rings (SSSR count). The van der Waals surface area contributed by atoms with E-state index in [2.05, 4.69) is 24.1 Å². The Morgan fingerprint density at radius 2 is 2.23 bits per heavy atom. The van der Waals surface area contributed by atoms with Crippen molar-refractivity contribution in [2.45, 2.75) is 38.5 Å². The lowest BCUT2D eigenvalue weighted by molar-refractivity contribution is 0.0477. The van der Waals surface area contributed by atoms with Crippen LogP contribution in [0.5, 0.6) is 0 Å². The van der Waals surface area contributed by atoms with Gasteiger partial charge < -0.3 is 10.1 Å². The van der Waals surface area contributed by atoms with Crippen LogP contribution in [0.25, 0.3) is 0 Å². The Morgan fingerprint density at radius 1 is 1.38 bits per heavy atom. The summed E-state index contributed by atoms with van der Waals surface area (Å²) < 4.78 is 5.60.